The molecule has 5 nitrogen and oxygen atoms in total. The molecule has 26 heavy (non-hydrogen) atoms. The minimum atomic E-state index is 0.0896. The summed E-state index contributed by atoms with van der Waals surface area (Å²) in [6, 6.07) is 10.9. The van der Waals surface area contributed by atoms with Crippen molar-refractivity contribution in [2.24, 2.45) is 0 Å². The van der Waals surface area contributed by atoms with Crippen LogP contribution in [-0.2, 0) is 4.74 Å². The number of benzene rings is 1. The fourth-order valence-corrected chi connectivity index (χ4v) is 4.76. The van der Waals surface area contributed by atoms with Gasteiger partial charge in [0.25, 0.3) is 5.91 Å². The first-order valence-electron chi connectivity index (χ1n) is 9.37. The highest BCUT2D eigenvalue weighted by molar-refractivity contribution is 7.13. The average molecular weight is 372 g/mol. The van der Waals surface area contributed by atoms with Gasteiger partial charge in [0, 0.05) is 38.5 Å². The highest BCUT2D eigenvalue weighted by Crippen LogP contribution is 2.32. The van der Waals surface area contributed by atoms with Crippen LogP contribution in [0.2, 0.25) is 0 Å². The van der Waals surface area contributed by atoms with Crippen molar-refractivity contribution < 1.29 is 9.53 Å². The number of likely N-dealkylation sites (tertiary alicyclic amines) is 1. The molecule has 4 rings (SSSR count). The summed E-state index contributed by atoms with van der Waals surface area (Å²) in [6.45, 7) is 2.40. The number of hydrogen-bond acceptors (Lipinski definition) is 5. The fourth-order valence-electron chi connectivity index (χ4n) is 3.79. The SMILES string of the molecule is CN(c1ccccc1)C1CCN(C(=O)c2cnc(C3CCCO3)s2)CC1. The Morgan fingerprint density at radius 3 is 2.69 bits per heavy atom. The van der Waals surface area contributed by atoms with Crippen molar-refractivity contribution in [3.8, 4) is 0 Å². The van der Waals surface area contributed by atoms with E-state index in [4.69, 9.17) is 4.74 Å². The normalized spacial score (nSPS) is 21.1. The smallest absolute Gasteiger partial charge is 0.265 e. The Bertz CT molecular complexity index is 735. The molecule has 1 amide bonds. The Kier molecular flexibility index (Phi) is 5.22. The maximum absolute atomic E-state index is 12.8. The van der Waals surface area contributed by atoms with Gasteiger partial charge in [-0.15, -0.1) is 11.3 Å². The topological polar surface area (TPSA) is 45.7 Å². The molecule has 1 atom stereocenters. The quantitative estimate of drug-likeness (QED) is 0.821. The Labute approximate surface area is 158 Å². The predicted octanol–water partition coefficient (Wildman–Crippen LogP) is 3.74. The molecule has 2 fully saturated rings. The van der Waals surface area contributed by atoms with Gasteiger partial charge in [0.1, 0.15) is 16.0 Å². The Morgan fingerprint density at radius 2 is 2.00 bits per heavy atom. The second-order valence-electron chi connectivity index (χ2n) is 7.03. The standard InChI is InChI=1S/C20H25N3O2S/c1-22(15-6-3-2-4-7-15)16-9-11-23(12-10-16)20(24)18-14-21-19(26-18)17-8-5-13-25-17/h2-4,6-7,14,16-17H,5,8-13H2,1H3. The van der Waals surface area contributed by atoms with Crippen LogP contribution in [0.15, 0.2) is 36.5 Å². The van der Waals surface area contributed by atoms with Crippen LogP contribution in [0.1, 0.15) is 46.5 Å². The van der Waals surface area contributed by atoms with Crippen LogP contribution >= 0.6 is 11.3 Å². The number of piperidine rings is 1. The maximum Gasteiger partial charge on any atom is 0.265 e. The molecule has 0 spiro atoms. The third kappa shape index (κ3) is 3.62. The number of aromatic nitrogens is 1. The molecule has 2 aliphatic heterocycles. The highest BCUT2D eigenvalue weighted by Gasteiger charge is 2.28. The van der Waals surface area contributed by atoms with E-state index in [0.717, 1.165) is 55.3 Å². The first kappa shape index (κ1) is 17.5. The molecule has 3 heterocycles. The summed E-state index contributed by atoms with van der Waals surface area (Å²) in [4.78, 5) is 22.3. The number of nitrogens with zero attached hydrogens (tertiary/aromatic N) is 3. The van der Waals surface area contributed by atoms with Crippen LogP contribution in [0, 0.1) is 0 Å². The summed E-state index contributed by atoms with van der Waals surface area (Å²) in [5.74, 6) is 0.118. The first-order chi connectivity index (χ1) is 12.7. The van der Waals surface area contributed by atoms with Crippen molar-refractivity contribution in [1.82, 2.24) is 9.88 Å². The number of anilines is 1. The van der Waals surface area contributed by atoms with Gasteiger partial charge in [-0.25, -0.2) is 4.98 Å². The van der Waals surface area contributed by atoms with Crippen LogP contribution in [0.3, 0.4) is 0 Å². The Balaban J connectivity index is 1.35. The van der Waals surface area contributed by atoms with Crippen LogP contribution in [-0.4, -0.2) is 48.6 Å². The van der Waals surface area contributed by atoms with Gasteiger partial charge in [0.05, 0.1) is 6.20 Å². The van der Waals surface area contributed by atoms with E-state index < -0.39 is 0 Å². The van der Waals surface area contributed by atoms with E-state index >= 15 is 0 Å². The van der Waals surface area contributed by atoms with E-state index in [-0.39, 0.29) is 12.0 Å². The lowest BCUT2D eigenvalue weighted by molar-refractivity contribution is 0.0718. The van der Waals surface area contributed by atoms with Gasteiger partial charge in [-0.3, -0.25) is 4.79 Å². The van der Waals surface area contributed by atoms with Crippen molar-refractivity contribution in [3.05, 3.63) is 46.4 Å². The average Bonchev–Trinajstić information content (AvgIpc) is 3.39. The number of hydrogen-bond donors (Lipinski definition) is 0. The molecule has 0 aliphatic carbocycles. The molecule has 1 aromatic heterocycles. The van der Waals surface area contributed by atoms with Gasteiger partial charge < -0.3 is 14.5 Å². The molecule has 1 unspecified atom stereocenters. The van der Waals surface area contributed by atoms with E-state index in [2.05, 4.69) is 41.2 Å². The third-order valence-corrected chi connectivity index (χ3v) is 6.48. The summed E-state index contributed by atoms with van der Waals surface area (Å²) < 4.78 is 5.68. The van der Waals surface area contributed by atoms with Crippen molar-refractivity contribution in [1.29, 1.82) is 0 Å². The van der Waals surface area contributed by atoms with E-state index in [1.54, 1.807) is 6.20 Å². The molecule has 0 bridgehead atoms. The zero-order valence-electron chi connectivity index (χ0n) is 15.1. The summed E-state index contributed by atoms with van der Waals surface area (Å²) in [7, 11) is 2.15. The number of thiazole rings is 1. The van der Waals surface area contributed by atoms with Crippen LogP contribution < -0.4 is 4.90 Å². The van der Waals surface area contributed by atoms with Crippen molar-refractivity contribution in [2.45, 2.75) is 37.8 Å². The van der Waals surface area contributed by atoms with E-state index in [0.29, 0.717) is 6.04 Å². The van der Waals surface area contributed by atoms with Crippen LogP contribution in [0.25, 0.3) is 0 Å². The van der Waals surface area contributed by atoms with Crippen LogP contribution in [0.5, 0.6) is 0 Å². The molecule has 2 aromatic rings. The molecule has 2 aliphatic rings. The van der Waals surface area contributed by atoms with E-state index in [1.807, 2.05) is 11.0 Å². The predicted molar refractivity (Wildman–Crippen MR) is 104 cm³/mol. The zero-order chi connectivity index (χ0) is 17.9. The van der Waals surface area contributed by atoms with Gasteiger partial charge >= 0.3 is 0 Å². The largest absolute Gasteiger partial charge is 0.371 e. The van der Waals surface area contributed by atoms with Crippen molar-refractivity contribution in [2.75, 3.05) is 31.6 Å². The first-order valence-corrected chi connectivity index (χ1v) is 10.2. The van der Waals surface area contributed by atoms with Gasteiger partial charge in [-0.1, -0.05) is 18.2 Å². The summed E-state index contributed by atoms with van der Waals surface area (Å²) in [5.41, 5.74) is 1.24. The highest BCUT2D eigenvalue weighted by atomic mass is 32.1. The van der Waals surface area contributed by atoms with E-state index in [1.165, 1.54) is 17.0 Å². The fraction of sp³-hybridized carbons (Fsp3) is 0.500. The summed E-state index contributed by atoms with van der Waals surface area (Å²) in [5, 5.41) is 0.949. The minimum absolute atomic E-state index is 0.0896. The maximum atomic E-state index is 12.8. The molecular weight excluding hydrogens is 346 g/mol. The van der Waals surface area contributed by atoms with Crippen molar-refractivity contribution in [3.63, 3.8) is 0 Å². The summed E-state index contributed by atoms with van der Waals surface area (Å²) >= 11 is 1.50. The van der Waals surface area contributed by atoms with Gasteiger partial charge in [-0.2, -0.15) is 0 Å². The van der Waals surface area contributed by atoms with Crippen LogP contribution in [0.4, 0.5) is 5.69 Å². The molecule has 0 N–H and O–H groups in total. The van der Waals surface area contributed by atoms with Gasteiger partial charge in [-0.05, 0) is 37.8 Å². The number of ether oxygens (including phenoxy) is 1. The summed E-state index contributed by atoms with van der Waals surface area (Å²) in [6.07, 6.45) is 5.90. The third-order valence-electron chi connectivity index (χ3n) is 5.40. The molecule has 2 saturated heterocycles. The number of para-hydroxylation sites is 1. The number of rotatable bonds is 4. The second-order valence-corrected chi connectivity index (χ2v) is 8.10. The van der Waals surface area contributed by atoms with E-state index in [9.17, 15) is 4.79 Å². The monoisotopic (exact) mass is 371 g/mol. The lowest BCUT2D eigenvalue weighted by atomic mass is 10.0. The Morgan fingerprint density at radius 1 is 1.23 bits per heavy atom. The molecule has 6 heteroatoms. The number of amides is 1. The zero-order valence-corrected chi connectivity index (χ0v) is 16.0. The molecule has 1 aromatic carbocycles. The molecule has 138 valence electrons. The number of carbonyl (C=O) groups is 1. The lowest BCUT2D eigenvalue weighted by Crippen LogP contribution is -2.45. The molecule has 0 radical (unpaired) electrons. The minimum Gasteiger partial charge on any atom is -0.371 e. The number of carbonyl (C=O) groups excluding carboxylic acids is 1. The Hall–Kier alpha value is -1.92. The van der Waals surface area contributed by atoms with Gasteiger partial charge in [0.2, 0.25) is 0 Å². The lowest BCUT2D eigenvalue weighted by Gasteiger charge is -2.37. The molecular formula is C20H25N3O2S. The molecule has 0 saturated carbocycles. The van der Waals surface area contributed by atoms with Crippen molar-refractivity contribution >= 4 is 22.9 Å². The van der Waals surface area contributed by atoms with Gasteiger partial charge in [0.15, 0.2) is 0 Å². The second kappa shape index (κ2) is 7.76.